The van der Waals surface area contributed by atoms with Gasteiger partial charge in [-0.05, 0) is 5.56 Å². The van der Waals surface area contributed by atoms with Crippen LogP contribution in [0.5, 0.6) is 0 Å². The van der Waals surface area contributed by atoms with E-state index in [-0.39, 0.29) is 19.6 Å². The number of methoxy groups -OCH3 is 1. The molecular formula is C13H17NO4. The fraction of sp³-hybridized carbons (Fsp3) is 0.385. The Morgan fingerprint density at radius 3 is 2.50 bits per heavy atom. The molecule has 0 radical (unpaired) electrons. The number of esters is 2. The summed E-state index contributed by atoms with van der Waals surface area (Å²) in [4.78, 5) is 22.8. The lowest BCUT2D eigenvalue weighted by molar-refractivity contribution is -0.153. The molecule has 0 aromatic heterocycles. The van der Waals surface area contributed by atoms with Gasteiger partial charge in [0, 0.05) is 6.54 Å². The van der Waals surface area contributed by atoms with Crippen molar-refractivity contribution in [1.82, 2.24) is 0 Å². The third-order valence-corrected chi connectivity index (χ3v) is 2.47. The van der Waals surface area contributed by atoms with Crippen LogP contribution >= 0.6 is 0 Å². The van der Waals surface area contributed by atoms with Crippen LogP contribution in [0.25, 0.3) is 0 Å². The summed E-state index contributed by atoms with van der Waals surface area (Å²) in [5.74, 6) is -1.59. The molecule has 1 atom stereocenters. The maximum Gasteiger partial charge on any atom is 0.310 e. The molecule has 0 heterocycles. The summed E-state index contributed by atoms with van der Waals surface area (Å²) in [6.45, 7) is 0.255. The molecule has 1 rings (SSSR count). The van der Waals surface area contributed by atoms with Crippen LogP contribution in [0.3, 0.4) is 0 Å². The van der Waals surface area contributed by atoms with Gasteiger partial charge in [-0.2, -0.15) is 0 Å². The predicted octanol–water partition coefficient (Wildman–Crippen LogP) is 0.868. The first-order valence-corrected chi connectivity index (χ1v) is 5.64. The fourth-order valence-electron chi connectivity index (χ4n) is 1.43. The Morgan fingerprint density at radius 1 is 1.28 bits per heavy atom. The van der Waals surface area contributed by atoms with Gasteiger partial charge in [0.25, 0.3) is 0 Å². The molecule has 0 aliphatic rings. The topological polar surface area (TPSA) is 78.6 Å². The van der Waals surface area contributed by atoms with E-state index in [4.69, 9.17) is 10.5 Å². The average Bonchev–Trinajstić information content (AvgIpc) is 2.42. The summed E-state index contributed by atoms with van der Waals surface area (Å²) in [7, 11) is 1.26. The summed E-state index contributed by atoms with van der Waals surface area (Å²) in [6.07, 6.45) is -0.0595. The zero-order valence-electron chi connectivity index (χ0n) is 10.3. The highest BCUT2D eigenvalue weighted by atomic mass is 16.5. The van der Waals surface area contributed by atoms with E-state index in [1.54, 1.807) is 0 Å². The van der Waals surface area contributed by atoms with Gasteiger partial charge in [-0.15, -0.1) is 0 Å². The molecule has 0 spiro atoms. The van der Waals surface area contributed by atoms with Gasteiger partial charge in [0.15, 0.2) is 0 Å². The lowest BCUT2D eigenvalue weighted by Crippen LogP contribution is -2.28. The molecule has 0 fully saturated rings. The number of carbonyl (C=O) groups excluding carboxylic acids is 2. The third-order valence-electron chi connectivity index (χ3n) is 2.47. The monoisotopic (exact) mass is 251 g/mol. The predicted molar refractivity (Wildman–Crippen MR) is 65.4 cm³/mol. The lowest BCUT2D eigenvalue weighted by Gasteiger charge is -2.11. The molecule has 0 amide bonds. The Bertz CT molecular complexity index is 391. The first-order valence-electron chi connectivity index (χ1n) is 5.64. The molecule has 0 aliphatic carbocycles. The van der Waals surface area contributed by atoms with Crippen LogP contribution in [0.15, 0.2) is 30.3 Å². The minimum atomic E-state index is -0.640. The smallest absolute Gasteiger partial charge is 0.310 e. The van der Waals surface area contributed by atoms with Gasteiger partial charge >= 0.3 is 11.9 Å². The minimum absolute atomic E-state index is 0.0595. The SMILES string of the molecule is COC(=O)C(CN)CC(=O)OCc1ccccc1. The highest BCUT2D eigenvalue weighted by Gasteiger charge is 2.21. The minimum Gasteiger partial charge on any atom is -0.469 e. The third kappa shape index (κ3) is 4.55. The van der Waals surface area contributed by atoms with Gasteiger partial charge in [-0.1, -0.05) is 30.3 Å². The first-order chi connectivity index (χ1) is 8.67. The van der Waals surface area contributed by atoms with Crippen molar-refractivity contribution in [3.05, 3.63) is 35.9 Å². The van der Waals surface area contributed by atoms with E-state index in [1.165, 1.54) is 7.11 Å². The maximum absolute atomic E-state index is 11.5. The first kappa shape index (κ1) is 14.2. The summed E-state index contributed by atoms with van der Waals surface area (Å²) >= 11 is 0. The molecule has 1 aromatic carbocycles. The van der Waals surface area contributed by atoms with Crippen LogP contribution < -0.4 is 5.73 Å². The fourth-order valence-corrected chi connectivity index (χ4v) is 1.43. The van der Waals surface area contributed by atoms with Gasteiger partial charge in [0.1, 0.15) is 6.61 Å². The summed E-state index contributed by atoms with van der Waals surface area (Å²) in [6, 6.07) is 9.32. The van der Waals surface area contributed by atoms with Gasteiger partial charge in [0.05, 0.1) is 19.4 Å². The van der Waals surface area contributed by atoms with Crippen molar-refractivity contribution < 1.29 is 19.1 Å². The quantitative estimate of drug-likeness (QED) is 0.759. The summed E-state index contributed by atoms with van der Waals surface area (Å²) in [5.41, 5.74) is 6.29. The van der Waals surface area contributed by atoms with Crippen LogP contribution in [0.4, 0.5) is 0 Å². The Labute approximate surface area is 106 Å². The summed E-state index contributed by atoms with van der Waals surface area (Å²) in [5, 5.41) is 0. The zero-order chi connectivity index (χ0) is 13.4. The molecule has 98 valence electrons. The van der Waals surface area contributed by atoms with Crippen LogP contribution in [0, 0.1) is 5.92 Å². The van der Waals surface area contributed by atoms with E-state index in [0.717, 1.165) is 5.56 Å². The lowest BCUT2D eigenvalue weighted by atomic mass is 10.1. The van der Waals surface area contributed by atoms with Gasteiger partial charge in [-0.3, -0.25) is 9.59 Å². The largest absolute Gasteiger partial charge is 0.469 e. The molecular weight excluding hydrogens is 234 g/mol. The Balaban J connectivity index is 2.39. The molecule has 0 saturated heterocycles. The molecule has 5 heteroatoms. The number of hydrogen-bond donors (Lipinski definition) is 1. The second-order valence-electron chi connectivity index (χ2n) is 3.81. The number of ether oxygens (including phenoxy) is 2. The van der Waals surface area contributed by atoms with E-state index in [0.29, 0.717) is 0 Å². The Hall–Kier alpha value is -1.88. The van der Waals surface area contributed by atoms with E-state index >= 15 is 0 Å². The van der Waals surface area contributed by atoms with Crippen LogP contribution in [0.2, 0.25) is 0 Å². The standard InChI is InChI=1S/C13H17NO4/c1-17-13(16)11(8-14)7-12(15)18-9-10-5-3-2-4-6-10/h2-6,11H,7-9,14H2,1H3. The van der Waals surface area contributed by atoms with Crippen molar-refractivity contribution in [1.29, 1.82) is 0 Å². The van der Waals surface area contributed by atoms with E-state index < -0.39 is 17.9 Å². The van der Waals surface area contributed by atoms with E-state index in [9.17, 15) is 9.59 Å². The van der Waals surface area contributed by atoms with Gasteiger partial charge < -0.3 is 15.2 Å². The van der Waals surface area contributed by atoms with E-state index in [2.05, 4.69) is 4.74 Å². The van der Waals surface area contributed by atoms with E-state index in [1.807, 2.05) is 30.3 Å². The van der Waals surface area contributed by atoms with Crippen molar-refractivity contribution in [2.75, 3.05) is 13.7 Å². The number of rotatable bonds is 6. The molecule has 1 unspecified atom stereocenters. The Kier molecular flexibility index (Phi) is 5.87. The Morgan fingerprint density at radius 2 is 1.94 bits per heavy atom. The summed E-state index contributed by atoms with van der Waals surface area (Å²) < 4.78 is 9.59. The van der Waals surface area contributed by atoms with Crippen molar-refractivity contribution in [2.24, 2.45) is 11.7 Å². The van der Waals surface area contributed by atoms with Crippen molar-refractivity contribution >= 4 is 11.9 Å². The van der Waals surface area contributed by atoms with Gasteiger partial charge in [-0.25, -0.2) is 0 Å². The molecule has 5 nitrogen and oxygen atoms in total. The second-order valence-corrected chi connectivity index (χ2v) is 3.81. The molecule has 1 aromatic rings. The highest BCUT2D eigenvalue weighted by molar-refractivity contribution is 5.80. The number of hydrogen-bond acceptors (Lipinski definition) is 5. The molecule has 0 bridgehead atoms. The normalized spacial score (nSPS) is 11.7. The molecule has 2 N–H and O–H groups in total. The van der Waals surface area contributed by atoms with Crippen molar-refractivity contribution in [2.45, 2.75) is 13.0 Å². The van der Waals surface area contributed by atoms with Crippen molar-refractivity contribution in [3.8, 4) is 0 Å². The number of benzene rings is 1. The highest BCUT2D eigenvalue weighted by Crippen LogP contribution is 2.07. The van der Waals surface area contributed by atoms with Crippen LogP contribution in [0.1, 0.15) is 12.0 Å². The maximum atomic E-state index is 11.5. The average molecular weight is 251 g/mol. The molecule has 0 saturated carbocycles. The zero-order valence-corrected chi connectivity index (χ0v) is 10.3. The van der Waals surface area contributed by atoms with Gasteiger partial charge in [0.2, 0.25) is 0 Å². The molecule has 18 heavy (non-hydrogen) atoms. The van der Waals surface area contributed by atoms with Crippen LogP contribution in [-0.2, 0) is 25.7 Å². The number of carbonyl (C=O) groups is 2. The second kappa shape index (κ2) is 7.45. The van der Waals surface area contributed by atoms with Crippen LogP contribution in [-0.4, -0.2) is 25.6 Å². The number of nitrogens with two attached hydrogens (primary N) is 1. The molecule has 0 aliphatic heterocycles. The van der Waals surface area contributed by atoms with Crippen molar-refractivity contribution in [3.63, 3.8) is 0 Å².